The van der Waals surface area contributed by atoms with Crippen molar-refractivity contribution >= 4 is 28.6 Å². The number of nitrogens with zero attached hydrogens (tertiary/aromatic N) is 3. The fraction of sp³-hybridized carbons (Fsp3) is 0.0417. The summed E-state index contributed by atoms with van der Waals surface area (Å²) in [6, 6.07) is 15.0. The van der Waals surface area contributed by atoms with Crippen LogP contribution in [0.15, 0.2) is 82.7 Å². The van der Waals surface area contributed by atoms with E-state index in [1.165, 1.54) is 42.5 Å². The highest BCUT2D eigenvalue weighted by molar-refractivity contribution is 6.02. The Morgan fingerprint density at radius 1 is 1.03 bits per heavy atom. The zero-order chi connectivity index (χ0) is 26.0. The number of pyridine rings is 1. The number of aromatic nitrogens is 1. The third-order valence-electron chi connectivity index (χ3n) is 5.23. The quantitative estimate of drug-likeness (QED) is 0.241. The summed E-state index contributed by atoms with van der Waals surface area (Å²) < 4.78 is 41.4. The zero-order valence-corrected chi connectivity index (χ0v) is 18.1. The summed E-state index contributed by atoms with van der Waals surface area (Å²) in [5.74, 6) is -1.64. The maximum atomic E-state index is 13.6. The number of fused-ring (bicyclic) bond motifs is 1. The maximum absolute atomic E-state index is 13.6. The minimum Gasteiger partial charge on any atom is -0.494 e. The van der Waals surface area contributed by atoms with Crippen LogP contribution < -0.4 is 11.0 Å². The van der Waals surface area contributed by atoms with Crippen LogP contribution in [0.2, 0.25) is 0 Å². The van der Waals surface area contributed by atoms with Gasteiger partial charge in [-0.15, -0.1) is 0 Å². The van der Waals surface area contributed by atoms with E-state index in [1.54, 1.807) is 6.07 Å². The van der Waals surface area contributed by atoms with E-state index >= 15 is 0 Å². The highest BCUT2D eigenvalue weighted by Crippen LogP contribution is 2.35. The number of carbonyl (C=O) groups is 1. The molecule has 0 saturated carbocycles. The van der Waals surface area contributed by atoms with Crippen molar-refractivity contribution in [1.82, 2.24) is 9.99 Å². The lowest BCUT2D eigenvalue weighted by Gasteiger charge is -2.18. The number of hydrazone groups is 1. The second kappa shape index (κ2) is 9.33. The number of rotatable bonds is 5. The molecule has 0 spiro atoms. The van der Waals surface area contributed by atoms with Crippen LogP contribution in [0, 0.1) is 10.1 Å². The number of carbonyl (C=O) groups excluding carboxylic acids is 1. The Hall–Kier alpha value is -5.00. The molecule has 182 valence electrons. The van der Waals surface area contributed by atoms with Gasteiger partial charge >= 0.3 is 6.18 Å². The third-order valence-corrected chi connectivity index (χ3v) is 5.23. The van der Waals surface area contributed by atoms with E-state index in [9.17, 15) is 38.0 Å². The highest BCUT2D eigenvalue weighted by atomic mass is 19.4. The average molecular weight is 496 g/mol. The Kier molecular flexibility index (Phi) is 6.26. The van der Waals surface area contributed by atoms with Crippen molar-refractivity contribution in [2.75, 3.05) is 0 Å². The summed E-state index contributed by atoms with van der Waals surface area (Å²) in [5, 5.41) is 25.7. The van der Waals surface area contributed by atoms with Gasteiger partial charge in [-0.25, -0.2) is 9.99 Å². The van der Waals surface area contributed by atoms with Gasteiger partial charge in [0, 0.05) is 28.5 Å². The van der Waals surface area contributed by atoms with Gasteiger partial charge in [-0.2, -0.15) is 18.3 Å². The smallest absolute Gasteiger partial charge is 0.418 e. The van der Waals surface area contributed by atoms with Crippen molar-refractivity contribution in [3.05, 3.63) is 110 Å². The van der Waals surface area contributed by atoms with E-state index in [2.05, 4.69) is 10.5 Å². The number of halogens is 3. The van der Waals surface area contributed by atoms with Crippen LogP contribution in [0.5, 0.6) is 5.88 Å². The predicted octanol–water partition coefficient (Wildman–Crippen LogP) is 4.39. The molecule has 1 aromatic heterocycles. The molecule has 1 heterocycles. The van der Waals surface area contributed by atoms with Gasteiger partial charge in [-0.3, -0.25) is 19.7 Å². The summed E-state index contributed by atoms with van der Waals surface area (Å²) in [7, 11) is 0. The van der Waals surface area contributed by atoms with Gasteiger partial charge in [-0.05, 0) is 24.3 Å². The molecule has 0 aliphatic carbocycles. The van der Waals surface area contributed by atoms with Crippen LogP contribution in [0.1, 0.15) is 21.5 Å². The fourth-order valence-electron chi connectivity index (χ4n) is 3.60. The van der Waals surface area contributed by atoms with Crippen LogP contribution in [-0.2, 0) is 6.18 Å². The largest absolute Gasteiger partial charge is 0.494 e. The van der Waals surface area contributed by atoms with E-state index in [0.29, 0.717) is 4.57 Å². The second-order valence-corrected chi connectivity index (χ2v) is 7.44. The molecule has 4 rings (SSSR count). The summed E-state index contributed by atoms with van der Waals surface area (Å²) in [5.41, 5.74) is -0.997. The van der Waals surface area contributed by atoms with E-state index in [-0.39, 0.29) is 27.6 Å². The minimum absolute atomic E-state index is 0.00117. The van der Waals surface area contributed by atoms with Gasteiger partial charge in [0.1, 0.15) is 0 Å². The number of nitro groups is 1. The van der Waals surface area contributed by atoms with Crippen LogP contribution in [0.25, 0.3) is 16.5 Å². The molecule has 12 heteroatoms. The average Bonchev–Trinajstić information content (AvgIpc) is 2.85. The molecule has 36 heavy (non-hydrogen) atoms. The van der Waals surface area contributed by atoms with Crippen LogP contribution in [0.4, 0.5) is 18.9 Å². The Labute approximate surface area is 199 Å². The van der Waals surface area contributed by atoms with Crippen LogP contribution >= 0.6 is 0 Å². The SMILES string of the molecule is O=C(NN=Cc1c(O)n(-c2ccccc2C(F)(F)F)c(=O)c2ccccc12)c1cccc([N+](=O)[O-])c1. The molecule has 3 aromatic carbocycles. The molecule has 0 unspecified atom stereocenters. The number of non-ortho nitro benzene ring substituents is 1. The van der Waals surface area contributed by atoms with Gasteiger partial charge in [0.05, 0.1) is 28.0 Å². The molecule has 0 aliphatic rings. The Morgan fingerprint density at radius 3 is 2.39 bits per heavy atom. The van der Waals surface area contributed by atoms with Crippen molar-refractivity contribution in [1.29, 1.82) is 0 Å². The lowest BCUT2D eigenvalue weighted by atomic mass is 10.1. The fourth-order valence-corrected chi connectivity index (χ4v) is 3.60. The van der Waals surface area contributed by atoms with E-state index in [1.807, 2.05) is 0 Å². The van der Waals surface area contributed by atoms with Crippen LogP contribution in [0.3, 0.4) is 0 Å². The van der Waals surface area contributed by atoms with Gasteiger partial charge in [-0.1, -0.05) is 36.4 Å². The van der Waals surface area contributed by atoms with Crippen molar-refractivity contribution < 1.29 is 28.0 Å². The minimum atomic E-state index is -4.81. The molecular weight excluding hydrogens is 481 g/mol. The van der Waals surface area contributed by atoms with Crippen molar-refractivity contribution in [2.24, 2.45) is 5.10 Å². The standard InChI is InChI=1S/C24H15F3N4O5/c25-24(26,27)19-10-3-4-11-20(19)30-22(33)17-9-2-1-8-16(17)18(23(30)34)13-28-29-21(32)14-6-5-7-15(12-14)31(35)36/h1-13,34H,(H,29,32). The number of benzene rings is 3. The summed E-state index contributed by atoms with van der Waals surface area (Å²) in [6.07, 6.45) is -3.84. The lowest BCUT2D eigenvalue weighted by Crippen LogP contribution is -2.23. The van der Waals surface area contributed by atoms with Crippen molar-refractivity contribution in [3.63, 3.8) is 0 Å². The molecule has 9 nitrogen and oxygen atoms in total. The zero-order valence-electron chi connectivity index (χ0n) is 18.1. The molecule has 1 amide bonds. The monoisotopic (exact) mass is 496 g/mol. The maximum Gasteiger partial charge on any atom is 0.418 e. The normalized spacial score (nSPS) is 11.6. The number of aromatic hydroxyl groups is 1. The van der Waals surface area contributed by atoms with Gasteiger partial charge < -0.3 is 5.11 Å². The number of nitro benzene ring substituents is 1. The lowest BCUT2D eigenvalue weighted by molar-refractivity contribution is -0.384. The van der Waals surface area contributed by atoms with E-state index in [0.717, 1.165) is 30.5 Å². The van der Waals surface area contributed by atoms with Crippen molar-refractivity contribution in [2.45, 2.75) is 6.18 Å². The Balaban J connectivity index is 1.81. The molecule has 0 fully saturated rings. The van der Waals surface area contributed by atoms with Gasteiger partial charge in [0.15, 0.2) is 0 Å². The third kappa shape index (κ3) is 4.51. The summed E-state index contributed by atoms with van der Waals surface area (Å²) in [6.45, 7) is 0. The first-order chi connectivity index (χ1) is 17.1. The van der Waals surface area contributed by atoms with Gasteiger partial charge in [0.25, 0.3) is 17.2 Å². The summed E-state index contributed by atoms with van der Waals surface area (Å²) in [4.78, 5) is 35.7. The Morgan fingerprint density at radius 2 is 1.69 bits per heavy atom. The van der Waals surface area contributed by atoms with E-state index in [4.69, 9.17) is 0 Å². The van der Waals surface area contributed by atoms with Crippen LogP contribution in [-0.4, -0.2) is 26.7 Å². The number of para-hydroxylation sites is 1. The molecule has 2 N–H and O–H groups in total. The number of hydrogen-bond acceptors (Lipinski definition) is 6. The molecule has 0 saturated heterocycles. The topological polar surface area (TPSA) is 127 Å². The molecule has 4 aromatic rings. The van der Waals surface area contributed by atoms with Gasteiger partial charge in [0.2, 0.25) is 5.88 Å². The molecule has 0 bridgehead atoms. The first-order valence-electron chi connectivity index (χ1n) is 10.2. The number of hydrogen-bond donors (Lipinski definition) is 2. The number of alkyl halides is 3. The second-order valence-electron chi connectivity index (χ2n) is 7.44. The first kappa shape index (κ1) is 24.1. The summed E-state index contributed by atoms with van der Waals surface area (Å²) >= 11 is 0. The van der Waals surface area contributed by atoms with E-state index < -0.39 is 39.7 Å². The predicted molar refractivity (Wildman–Crippen MR) is 124 cm³/mol. The number of amides is 1. The van der Waals surface area contributed by atoms with Crippen molar-refractivity contribution in [3.8, 4) is 11.6 Å². The molecular formula is C24H15F3N4O5. The molecule has 0 radical (unpaired) electrons. The highest BCUT2D eigenvalue weighted by Gasteiger charge is 2.34. The Bertz CT molecular complexity index is 1600. The molecule has 0 atom stereocenters. The number of nitrogens with one attached hydrogen (secondary N) is 1. The molecule has 0 aliphatic heterocycles. The first-order valence-corrected chi connectivity index (χ1v) is 10.2.